The average molecular weight is 247 g/mol. The van der Waals surface area contributed by atoms with Gasteiger partial charge in [-0.1, -0.05) is 13.8 Å². The summed E-state index contributed by atoms with van der Waals surface area (Å²) < 4.78 is 1.74. The molecule has 18 heavy (non-hydrogen) atoms. The van der Waals surface area contributed by atoms with Gasteiger partial charge in [-0.15, -0.1) is 10.2 Å². The summed E-state index contributed by atoms with van der Waals surface area (Å²) in [7, 11) is 0. The minimum atomic E-state index is 0.507. The number of aromatic nitrogens is 4. The molecule has 2 aromatic heterocycles. The molecule has 0 aliphatic carbocycles. The summed E-state index contributed by atoms with van der Waals surface area (Å²) in [6.45, 7) is 4.06. The third-order valence-corrected chi connectivity index (χ3v) is 2.78. The Bertz CT molecular complexity index is 529. The predicted octanol–water partition coefficient (Wildman–Crippen LogP) is 0.655. The number of rotatable bonds is 4. The first kappa shape index (κ1) is 12.3. The molecule has 2 aromatic rings. The Hall–Kier alpha value is -2.15. The first-order valence-electron chi connectivity index (χ1n) is 5.88. The van der Waals surface area contributed by atoms with Crippen molar-refractivity contribution in [1.82, 2.24) is 20.0 Å². The van der Waals surface area contributed by atoms with Gasteiger partial charge in [-0.25, -0.2) is 10.5 Å². The Balaban J connectivity index is 2.48. The van der Waals surface area contributed by atoms with E-state index in [1.165, 1.54) is 0 Å². The van der Waals surface area contributed by atoms with Crippen LogP contribution in [0.2, 0.25) is 0 Å². The van der Waals surface area contributed by atoms with Crippen LogP contribution in [0.1, 0.15) is 25.2 Å². The third kappa shape index (κ3) is 2.00. The van der Waals surface area contributed by atoms with Crippen molar-refractivity contribution in [3.63, 3.8) is 0 Å². The highest BCUT2D eigenvalue weighted by atomic mass is 15.4. The van der Waals surface area contributed by atoms with Crippen molar-refractivity contribution in [2.24, 2.45) is 5.84 Å². The maximum absolute atomic E-state index is 6.05. The van der Waals surface area contributed by atoms with E-state index in [-0.39, 0.29) is 0 Å². The molecule has 0 spiro atoms. The minimum Gasteiger partial charge on any atom is -0.396 e. The van der Waals surface area contributed by atoms with Gasteiger partial charge in [-0.2, -0.15) is 5.10 Å². The summed E-state index contributed by atoms with van der Waals surface area (Å²) >= 11 is 0. The molecule has 0 radical (unpaired) electrons. The quantitative estimate of drug-likeness (QED) is 0.541. The molecule has 0 amide bonds. The largest absolute Gasteiger partial charge is 0.396 e. The van der Waals surface area contributed by atoms with Gasteiger partial charge in [0.15, 0.2) is 11.6 Å². The second-order valence-electron chi connectivity index (χ2n) is 3.85. The molecule has 7 nitrogen and oxygen atoms in total. The molecule has 96 valence electrons. The van der Waals surface area contributed by atoms with Crippen LogP contribution in [0, 0.1) is 0 Å². The number of hydrogen-bond donors (Lipinski definition) is 3. The smallest absolute Gasteiger partial charge is 0.176 e. The second-order valence-corrected chi connectivity index (χ2v) is 3.85. The molecule has 0 saturated carbocycles. The zero-order chi connectivity index (χ0) is 13.1. The fourth-order valence-corrected chi connectivity index (χ4v) is 1.82. The van der Waals surface area contributed by atoms with Crippen LogP contribution in [-0.4, -0.2) is 20.0 Å². The molecule has 0 aliphatic heterocycles. The summed E-state index contributed by atoms with van der Waals surface area (Å²) in [5.41, 5.74) is 11.1. The number of nitrogens with zero attached hydrogens (tertiary/aromatic N) is 4. The van der Waals surface area contributed by atoms with E-state index in [4.69, 9.17) is 11.6 Å². The van der Waals surface area contributed by atoms with Crippen LogP contribution in [0.15, 0.2) is 12.1 Å². The van der Waals surface area contributed by atoms with E-state index in [9.17, 15) is 0 Å². The molecular formula is C11H17N7. The molecule has 0 unspecified atom stereocenters. The van der Waals surface area contributed by atoms with Crippen molar-refractivity contribution >= 4 is 11.5 Å². The highest BCUT2D eigenvalue weighted by molar-refractivity contribution is 5.51. The topological polar surface area (TPSA) is 108 Å². The lowest BCUT2D eigenvalue weighted by Crippen LogP contribution is -2.11. The average Bonchev–Trinajstić information content (AvgIpc) is 2.75. The summed E-state index contributed by atoms with van der Waals surface area (Å²) in [6.07, 6.45) is 1.58. The molecule has 0 saturated heterocycles. The Labute approximate surface area is 105 Å². The first-order valence-corrected chi connectivity index (χ1v) is 5.88. The number of anilines is 2. The maximum Gasteiger partial charge on any atom is 0.176 e. The van der Waals surface area contributed by atoms with Crippen LogP contribution in [0.5, 0.6) is 0 Å². The van der Waals surface area contributed by atoms with E-state index >= 15 is 0 Å². The van der Waals surface area contributed by atoms with Gasteiger partial charge in [0, 0.05) is 0 Å². The van der Waals surface area contributed by atoms with Gasteiger partial charge in [0.25, 0.3) is 0 Å². The molecule has 0 atom stereocenters. The van der Waals surface area contributed by atoms with Crippen molar-refractivity contribution in [3.8, 4) is 5.82 Å². The second kappa shape index (κ2) is 5.01. The fourth-order valence-electron chi connectivity index (χ4n) is 1.82. The van der Waals surface area contributed by atoms with Gasteiger partial charge < -0.3 is 11.2 Å². The fraction of sp³-hybridized carbons (Fsp3) is 0.364. The number of aryl methyl sites for hydroxylation is 1. The lowest BCUT2D eigenvalue weighted by molar-refractivity contribution is 0.755. The Morgan fingerprint density at radius 2 is 2.00 bits per heavy atom. The normalized spacial score (nSPS) is 10.6. The maximum atomic E-state index is 6.05. The van der Waals surface area contributed by atoms with Crippen LogP contribution in [0.25, 0.3) is 5.82 Å². The third-order valence-electron chi connectivity index (χ3n) is 2.78. The van der Waals surface area contributed by atoms with Crippen LogP contribution in [0.4, 0.5) is 11.5 Å². The molecule has 5 N–H and O–H groups in total. The van der Waals surface area contributed by atoms with Crippen molar-refractivity contribution in [2.45, 2.75) is 26.7 Å². The van der Waals surface area contributed by atoms with E-state index in [2.05, 4.69) is 20.7 Å². The summed E-state index contributed by atoms with van der Waals surface area (Å²) in [6, 6.07) is 3.54. The first-order chi connectivity index (χ1) is 8.71. The number of hydrogen-bond acceptors (Lipinski definition) is 6. The van der Waals surface area contributed by atoms with Crippen LogP contribution in [-0.2, 0) is 12.8 Å². The lowest BCUT2D eigenvalue weighted by Gasteiger charge is -2.05. The number of hydrazine groups is 1. The van der Waals surface area contributed by atoms with Gasteiger partial charge in [-0.3, -0.25) is 0 Å². The van der Waals surface area contributed by atoms with E-state index in [0.717, 1.165) is 29.9 Å². The predicted molar refractivity (Wildman–Crippen MR) is 70.1 cm³/mol. The van der Waals surface area contributed by atoms with E-state index in [0.29, 0.717) is 11.6 Å². The van der Waals surface area contributed by atoms with Crippen LogP contribution >= 0.6 is 0 Å². The highest BCUT2D eigenvalue weighted by Crippen LogP contribution is 2.21. The number of nitrogen functional groups attached to an aromatic ring is 2. The monoisotopic (exact) mass is 247 g/mol. The van der Waals surface area contributed by atoms with Crippen LogP contribution in [0.3, 0.4) is 0 Å². The molecule has 2 heterocycles. The molecule has 0 bridgehead atoms. The van der Waals surface area contributed by atoms with Crippen molar-refractivity contribution in [2.75, 3.05) is 11.2 Å². The van der Waals surface area contributed by atoms with Gasteiger partial charge in [0.1, 0.15) is 0 Å². The van der Waals surface area contributed by atoms with Crippen LogP contribution < -0.4 is 17.0 Å². The van der Waals surface area contributed by atoms with Gasteiger partial charge in [-0.05, 0) is 25.0 Å². The van der Waals surface area contributed by atoms with Gasteiger partial charge in [0.05, 0.1) is 17.1 Å². The number of nitrogens with two attached hydrogens (primary N) is 2. The number of nitrogens with one attached hydrogen (secondary N) is 1. The lowest BCUT2D eigenvalue weighted by atomic mass is 10.2. The molecule has 0 aliphatic rings. The van der Waals surface area contributed by atoms with Gasteiger partial charge in [0.2, 0.25) is 0 Å². The zero-order valence-electron chi connectivity index (χ0n) is 10.5. The Kier molecular flexibility index (Phi) is 3.42. The molecule has 0 fully saturated rings. The van der Waals surface area contributed by atoms with Gasteiger partial charge >= 0.3 is 0 Å². The van der Waals surface area contributed by atoms with E-state index in [1.807, 2.05) is 13.8 Å². The standard InChI is InChI=1S/C11H17N7/c1-3-7-11(12)8(4-2)18(17-7)10-6-5-9(14-13)15-16-10/h5-6H,3-4,12-13H2,1-2H3,(H,14,15). The highest BCUT2D eigenvalue weighted by Gasteiger charge is 2.14. The molecular weight excluding hydrogens is 230 g/mol. The summed E-state index contributed by atoms with van der Waals surface area (Å²) in [5, 5.41) is 12.5. The zero-order valence-corrected chi connectivity index (χ0v) is 10.5. The van der Waals surface area contributed by atoms with Crippen molar-refractivity contribution in [1.29, 1.82) is 0 Å². The molecule has 0 aromatic carbocycles. The summed E-state index contributed by atoms with van der Waals surface area (Å²) in [5.74, 6) is 6.39. The molecule has 2 rings (SSSR count). The minimum absolute atomic E-state index is 0.507. The van der Waals surface area contributed by atoms with E-state index < -0.39 is 0 Å². The Morgan fingerprint density at radius 3 is 2.50 bits per heavy atom. The van der Waals surface area contributed by atoms with Crippen molar-refractivity contribution < 1.29 is 0 Å². The van der Waals surface area contributed by atoms with Crippen molar-refractivity contribution in [3.05, 3.63) is 23.5 Å². The van der Waals surface area contributed by atoms with E-state index in [1.54, 1.807) is 16.8 Å². The summed E-state index contributed by atoms with van der Waals surface area (Å²) in [4.78, 5) is 0. The Morgan fingerprint density at radius 1 is 1.22 bits per heavy atom. The SMILES string of the molecule is CCc1nn(-c2ccc(NN)nn2)c(CC)c1N. The molecule has 7 heteroatoms.